The van der Waals surface area contributed by atoms with Gasteiger partial charge in [0.05, 0.1) is 19.3 Å². The third-order valence-corrected chi connectivity index (χ3v) is 3.76. The van der Waals surface area contributed by atoms with Crippen molar-refractivity contribution in [2.75, 3.05) is 19.8 Å². The van der Waals surface area contributed by atoms with Crippen molar-refractivity contribution in [3.05, 3.63) is 35.4 Å². The van der Waals surface area contributed by atoms with E-state index in [1.165, 1.54) is 30.4 Å². The van der Waals surface area contributed by atoms with Crippen molar-refractivity contribution in [1.82, 2.24) is 5.32 Å². The van der Waals surface area contributed by atoms with E-state index >= 15 is 0 Å². The Morgan fingerprint density at radius 1 is 1.10 bits per heavy atom. The molecule has 1 N–H and O–H groups in total. The predicted octanol–water partition coefficient (Wildman–Crippen LogP) is 4.24. The summed E-state index contributed by atoms with van der Waals surface area (Å²) >= 11 is 0. The van der Waals surface area contributed by atoms with Gasteiger partial charge in [-0.05, 0) is 57.4 Å². The topological polar surface area (TPSA) is 30.5 Å². The second-order valence-electron chi connectivity index (χ2n) is 5.23. The molecule has 0 aromatic heterocycles. The lowest BCUT2D eigenvalue weighted by Gasteiger charge is -2.21. The maximum absolute atomic E-state index is 5.75. The smallest absolute Gasteiger partial charge is 0.161 e. The minimum atomic E-state index is 0.299. The van der Waals surface area contributed by atoms with Gasteiger partial charge in [0.25, 0.3) is 0 Å². The minimum absolute atomic E-state index is 0.299. The van der Waals surface area contributed by atoms with Gasteiger partial charge in [-0.1, -0.05) is 24.6 Å². The first-order valence-corrected chi connectivity index (χ1v) is 8.12. The van der Waals surface area contributed by atoms with Gasteiger partial charge >= 0.3 is 0 Å². The number of likely N-dealkylation sites (N-methyl/N-ethyl adjacent to an activating group) is 1. The van der Waals surface area contributed by atoms with Crippen LogP contribution in [0.25, 0.3) is 0 Å². The molecule has 0 saturated heterocycles. The summed E-state index contributed by atoms with van der Waals surface area (Å²) in [6.45, 7) is 8.41. The van der Waals surface area contributed by atoms with E-state index in [0.717, 1.165) is 18.0 Å². The summed E-state index contributed by atoms with van der Waals surface area (Å²) in [5.74, 6) is 1.68. The van der Waals surface area contributed by atoms with Gasteiger partial charge in [0.2, 0.25) is 0 Å². The monoisotopic (exact) mass is 289 g/mol. The first-order chi connectivity index (χ1) is 10.3. The van der Waals surface area contributed by atoms with Crippen molar-refractivity contribution in [3.63, 3.8) is 0 Å². The fourth-order valence-electron chi connectivity index (χ4n) is 2.87. The van der Waals surface area contributed by atoms with Crippen LogP contribution in [0.1, 0.15) is 51.6 Å². The van der Waals surface area contributed by atoms with Crippen molar-refractivity contribution in [2.45, 2.75) is 46.1 Å². The highest BCUT2D eigenvalue weighted by atomic mass is 16.5. The van der Waals surface area contributed by atoms with Crippen LogP contribution in [0.15, 0.2) is 29.8 Å². The molecule has 0 spiro atoms. The van der Waals surface area contributed by atoms with E-state index in [4.69, 9.17) is 9.47 Å². The van der Waals surface area contributed by atoms with Crippen LogP contribution in [0.5, 0.6) is 11.5 Å². The van der Waals surface area contributed by atoms with E-state index in [0.29, 0.717) is 19.3 Å². The van der Waals surface area contributed by atoms with Gasteiger partial charge in [-0.3, -0.25) is 0 Å². The number of ether oxygens (including phenoxy) is 2. The van der Waals surface area contributed by atoms with Gasteiger partial charge in [0, 0.05) is 0 Å². The summed E-state index contributed by atoms with van der Waals surface area (Å²) in [6.07, 6.45) is 6.04. The van der Waals surface area contributed by atoms with Crippen molar-refractivity contribution < 1.29 is 9.47 Å². The molecule has 3 nitrogen and oxygen atoms in total. The third kappa shape index (κ3) is 4.01. The molecule has 0 bridgehead atoms. The second kappa shape index (κ2) is 8.08. The van der Waals surface area contributed by atoms with Crippen LogP contribution in [0.4, 0.5) is 0 Å². The molecule has 0 heterocycles. The van der Waals surface area contributed by atoms with E-state index in [9.17, 15) is 0 Å². The zero-order valence-electron chi connectivity index (χ0n) is 13.4. The van der Waals surface area contributed by atoms with Crippen LogP contribution >= 0.6 is 0 Å². The van der Waals surface area contributed by atoms with Crippen LogP contribution in [0, 0.1) is 0 Å². The van der Waals surface area contributed by atoms with Crippen molar-refractivity contribution in [2.24, 2.45) is 0 Å². The Morgan fingerprint density at radius 3 is 2.48 bits per heavy atom. The molecule has 1 unspecified atom stereocenters. The van der Waals surface area contributed by atoms with E-state index in [1.807, 2.05) is 19.9 Å². The lowest BCUT2D eigenvalue weighted by Crippen LogP contribution is -2.22. The molecule has 0 amide bonds. The fourth-order valence-corrected chi connectivity index (χ4v) is 2.87. The molecular formula is C18H27NO2. The molecule has 0 fully saturated rings. The molecule has 1 aliphatic carbocycles. The number of hydrogen-bond donors (Lipinski definition) is 1. The summed E-state index contributed by atoms with van der Waals surface area (Å²) in [6, 6.07) is 6.61. The Balaban J connectivity index is 2.29. The lowest BCUT2D eigenvalue weighted by atomic mass is 9.97. The van der Waals surface area contributed by atoms with E-state index < -0.39 is 0 Å². The molecule has 2 rings (SSSR count). The average Bonchev–Trinajstić information content (AvgIpc) is 3.01. The third-order valence-electron chi connectivity index (χ3n) is 3.76. The minimum Gasteiger partial charge on any atom is -0.490 e. The van der Waals surface area contributed by atoms with Gasteiger partial charge in [-0.2, -0.15) is 0 Å². The highest BCUT2D eigenvalue weighted by molar-refractivity contribution is 5.45. The highest BCUT2D eigenvalue weighted by Crippen LogP contribution is 2.35. The number of hydrogen-bond acceptors (Lipinski definition) is 3. The van der Waals surface area contributed by atoms with Crippen molar-refractivity contribution in [3.8, 4) is 11.5 Å². The quantitative estimate of drug-likeness (QED) is 0.726. The molecular weight excluding hydrogens is 262 g/mol. The van der Waals surface area contributed by atoms with Gasteiger partial charge < -0.3 is 14.8 Å². The first-order valence-electron chi connectivity index (χ1n) is 8.12. The normalized spacial score (nSPS) is 15.7. The number of benzene rings is 1. The molecule has 1 aliphatic rings. The molecule has 1 atom stereocenters. The largest absolute Gasteiger partial charge is 0.490 e. The molecule has 0 saturated carbocycles. The molecule has 1 aromatic carbocycles. The standard InChI is InChI=1S/C18H27NO2/c1-4-19-18(14-9-7-8-10-14)15-11-12-16(20-5-2)17(13-15)21-6-3/h9,11-13,18-19H,4-8,10H2,1-3H3. The van der Waals surface area contributed by atoms with Crippen LogP contribution in [-0.4, -0.2) is 19.8 Å². The van der Waals surface area contributed by atoms with Crippen LogP contribution < -0.4 is 14.8 Å². The van der Waals surface area contributed by atoms with E-state index in [-0.39, 0.29) is 0 Å². The predicted molar refractivity (Wildman–Crippen MR) is 87.1 cm³/mol. The molecule has 1 aromatic rings. The zero-order chi connectivity index (χ0) is 15.1. The number of nitrogens with one attached hydrogen (secondary N) is 1. The highest BCUT2D eigenvalue weighted by Gasteiger charge is 2.19. The average molecular weight is 289 g/mol. The molecule has 3 heteroatoms. The summed E-state index contributed by atoms with van der Waals surface area (Å²) in [4.78, 5) is 0. The van der Waals surface area contributed by atoms with E-state index in [2.05, 4.69) is 30.4 Å². The molecule has 0 aliphatic heterocycles. The molecule has 0 radical (unpaired) electrons. The first kappa shape index (κ1) is 15.9. The summed E-state index contributed by atoms with van der Waals surface area (Å²) in [7, 11) is 0. The molecule has 21 heavy (non-hydrogen) atoms. The van der Waals surface area contributed by atoms with Gasteiger partial charge in [-0.15, -0.1) is 0 Å². The molecule has 116 valence electrons. The fraction of sp³-hybridized carbons (Fsp3) is 0.556. The van der Waals surface area contributed by atoms with Crippen LogP contribution in [0.3, 0.4) is 0 Å². The second-order valence-corrected chi connectivity index (χ2v) is 5.23. The Kier molecular flexibility index (Phi) is 6.12. The Bertz CT molecular complexity index is 482. The Hall–Kier alpha value is -1.48. The van der Waals surface area contributed by atoms with Crippen LogP contribution in [0.2, 0.25) is 0 Å². The maximum atomic E-state index is 5.75. The Morgan fingerprint density at radius 2 is 1.86 bits per heavy atom. The van der Waals surface area contributed by atoms with Gasteiger partial charge in [0.15, 0.2) is 11.5 Å². The SMILES string of the molecule is CCNC(C1=CCCC1)c1ccc(OCC)c(OCC)c1. The van der Waals surface area contributed by atoms with E-state index in [1.54, 1.807) is 0 Å². The Labute approximate surface area is 128 Å². The van der Waals surface area contributed by atoms with Crippen molar-refractivity contribution >= 4 is 0 Å². The summed E-state index contributed by atoms with van der Waals surface area (Å²) < 4.78 is 11.4. The number of allylic oxidation sites excluding steroid dienone is 1. The number of rotatable bonds is 8. The van der Waals surface area contributed by atoms with Gasteiger partial charge in [0.1, 0.15) is 0 Å². The summed E-state index contributed by atoms with van der Waals surface area (Å²) in [5.41, 5.74) is 2.76. The maximum Gasteiger partial charge on any atom is 0.161 e. The lowest BCUT2D eigenvalue weighted by molar-refractivity contribution is 0.287. The van der Waals surface area contributed by atoms with Crippen molar-refractivity contribution in [1.29, 1.82) is 0 Å². The zero-order valence-corrected chi connectivity index (χ0v) is 13.4. The van der Waals surface area contributed by atoms with Crippen LogP contribution in [-0.2, 0) is 0 Å². The van der Waals surface area contributed by atoms with Gasteiger partial charge in [-0.25, -0.2) is 0 Å². The summed E-state index contributed by atoms with van der Waals surface area (Å²) in [5, 5.41) is 3.60.